The summed E-state index contributed by atoms with van der Waals surface area (Å²) in [6, 6.07) is 18.2. The maximum Gasteiger partial charge on any atom is 0.338 e. The lowest BCUT2D eigenvalue weighted by Crippen LogP contribution is -2.30. The molecule has 4 rings (SSSR count). The fraction of sp³-hybridized carbons (Fsp3) is 0.167. The zero-order valence-electron chi connectivity index (χ0n) is 18.0. The van der Waals surface area contributed by atoms with Gasteiger partial charge in [-0.2, -0.15) is 0 Å². The summed E-state index contributed by atoms with van der Waals surface area (Å²) in [5, 5.41) is 2.74. The minimum absolute atomic E-state index is 0.165. The molecule has 0 saturated carbocycles. The molecule has 0 radical (unpaired) electrons. The number of anilines is 1. The van der Waals surface area contributed by atoms with E-state index in [0.29, 0.717) is 34.1 Å². The number of hydrogen-bond donors (Lipinski definition) is 1. The van der Waals surface area contributed by atoms with Crippen LogP contribution in [0.25, 0.3) is 5.65 Å². The number of benzene rings is 2. The molecular formula is C24H21N3O6. The molecule has 1 N–H and O–H groups in total. The molecule has 0 aliphatic carbocycles. The maximum atomic E-state index is 12.4. The SMILES string of the molecule is Cc1cc2nc(COC(=O)c3ccc(NC(=O)[C@H](C)Oc4ccccc4)cc3)cc(=O)n2o1. The minimum Gasteiger partial charge on any atom is -0.481 e. The number of rotatable bonds is 7. The Morgan fingerprint density at radius 2 is 1.82 bits per heavy atom. The van der Waals surface area contributed by atoms with Crippen LogP contribution in [0.4, 0.5) is 5.69 Å². The summed E-state index contributed by atoms with van der Waals surface area (Å²) in [6.45, 7) is 3.19. The Morgan fingerprint density at radius 3 is 2.55 bits per heavy atom. The van der Waals surface area contributed by atoms with Crippen LogP contribution in [-0.4, -0.2) is 27.5 Å². The molecule has 2 aromatic heterocycles. The van der Waals surface area contributed by atoms with Crippen LogP contribution >= 0.6 is 0 Å². The smallest absolute Gasteiger partial charge is 0.338 e. The quantitative estimate of drug-likeness (QED) is 0.432. The number of para-hydroxylation sites is 1. The van der Waals surface area contributed by atoms with E-state index in [9.17, 15) is 14.4 Å². The Hall–Kier alpha value is -4.40. The summed E-state index contributed by atoms with van der Waals surface area (Å²) in [5.74, 6) is 0.231. The predicted octanol–water partition coefficient (Wildman–Crippen LogP) is 3.36. The average Bonchev–Trinajstić information content (AvgIpc) is 3.19. The molecule has 4 aromatic rings. The minimum atomic E-state index is -0.704. The zero-order valence-corrected chi connectivity index (χ0v) is 18.0. The third-order valence-electron chi connectivity index (χ3n) is 4.69. The van der Waals surface area contributed by atoms with Crippen molar-refractivity contribution in [2.24, 2.45) is 0 Å². The van der Waals surface area contributed by atoms with Gasteiger partial charge in [-0.1, -0.05) is 18.2 Å². The molecule has 1 amide bonds. The molecule has 33 heavy (non-hydrogen) atoms. The van der Waals surface area contributed by atoms with E-state index in [1.807, 2.05) is 18.2 Å². The summed E-state index contributed by atoms with van der Waals surface area (Å²) in [5.41, 5.74) is 1.06. The van der Waals surface area contributed by atoms with E-state index in [2.05, 4.69) is 10.3 Å². The lowest BCUT2D eigenvalue weighted by atomic mass is 10.2. The van der Waals surface area contributed by atoms with Crippen molar-refractivity contribution < 1.29 is 23.6 Å². The lowest BCUT2D eigenvalue weighted by molar-refractivity contribution is -0.122. The number of amides is 1. The van der Waals surface area contributed by atoms with Gasteiger partial charge in [-0.25, -0.2) is 9.78 Å². The van der Waals surface area contributed by atoms with E-state index in [4.69, 9.17) is 14.0 Å². The summed E-state index contributed by atoms with van der Waals surface area (Å²) < 4.78 is 17.2. The molecule has 0 bridgehead atoms. The van der Waals surface area contributed by atoms with Crippen LogP contribution in [0.1, 0.15) is 28.7 Å². The molecule has 0 aliphatic rings. The summed E-state index contributed by atoms with van der Waals surface area (Å²) in [6.07, 6.45) is -0.704. The molecule has 0 unspecified atom stereocenters. The van der Waals surface area contributed by atoms with Crippen molar-refractivity contribution in [3.63, 3.8) is 0 Å². The summed E-state index contributed by atoms with van der Waals surface area (Å²) >= 11 is 0. The van der Waals surface area contributed by atoms with Crippen molar-refractivity contribution in [2.45, 2.75) is 26.6 Å². The van der Waals surface area contributed by atoms with Crippen LogP contribution in [0, 0.1) is 6.92 Å². The summed E-state index contributed by atoms with van der Waals surface area (Å²) in [4.78, 5) is 41.0. The third-order valence-corrected chi connectivity index (χ3v) is 4.69. The second-order valence-electron chi connectivity index (χ2n) is 7.30. The highest BCUT2D eigenvalue weighted by Gasteiger charge is 2.16. The van der Waals surface area contributed by atoms with Gasteiger partial charge < -0.3 is 19.3 Å². The molecule has 0 saturated heterocycles. The van der Waals surface area contributed by atoms with Gasteiger partial charge in [0.2, 0.25) is 0 Å². The van der Waals surface area contributed by atoms with Crippen molar-refractivity contribution in [3.05, 3.63) is 94.1 Å². The molecule has 0 aliphatic heterocycles. The number of ether oxygens (including phenoxy) is 2. The molecule has 9 heteroatoms. The van der Waals surface area contributed by atoms with Crippen molar-refractivity contribution in [1.29, 1.82) is 0 Å². The average molecular weight is 447 g/mol. The van der Waals surface area contributed by atoms with Crippen molar-refractivity contribution in [3.8, 4) is 5.75 Å². The Balaban J connectivity index is 1.33. The molecule has 2 aromatic carbocycles. The van der Waals surface area contributed by atoms with E-state index < -0.39 is 17.6 Å². The van der Waals surface area contributed by atoms with Crippen LogP contribution in [0.15, 0.2) is 76.0 Å². The first-order valence-corrected chi connectivity index (χ1v) is 10.2. The highest BCUT2D eigenvalue weighted by atomic mass is 16.5. The highest BCUT2D eigenvalue weighted by molar-refractivity contribution is 5.95. The first-order valence-electron chi connectivity index (χ1n) is 10.2. The Kier molecular flexibility index (Phi) is 6.21. The molecular weight excluding hydrogens is 426 g/mol. The van der Waals surface area contributed by atoms with Crippen LogP contribution in [0.5, 0.6) is 5.75 Å². The second kappa shape index (κ2) is 9.39. The molecule has 0 spiro atoms. The van der Waals surface area contributed by atoms with Gasteiger partial charge in [0, 0.05) is 17.8 Å². The molecule has 9 nitrogen and oxygen atoms in total. The number of fused-ring (bicyclic) bond motifs is 1. The second-order valence-corrected chi connectivity index (χ2v) is 7.30. The molecule has 0 fully saturated rings. The zero-order chi connectivity index (χ0) is 23.4. The fourth-order valence-corrected chi connectivity index (χ4v) is 3.06. The number of hydrogen-bond acceptors (Lipinski definition) is 7. The van der Waals surface area contributed by atoms with Gasteiger partial charge in [0.1, 0.15) is 18.1 Å². The van der Waals surface area contributed by atoms with E-state index in [1.165, 1.54) is 18.2 Å². The predicted molar refractivity (Wildman–Crippen MR) is 119 cm³/mol. The van der Waals surface area contributed by atoms with E-state index >= 15 is 0 Å². The van der Waals surface area contributed by atoms with Crippen molar-refractivity contribution in [1.82, 2.24) is 9.56 Å². The molecule has 1 atom stereocenters. The van der Waals surface area contributed by atoms with Gasteiger partial charge in [-0.15, -0.1) is 4.57 Å². The maximum absolute atomic E-state index is 12.4. The van der Waals surface area contributed by atoms with E-state index in [-0.39, 0.29) is 12.5 Å². The topological polar surface area (TPSA) is 112 Å². The number of carbonyl (C=O) groups is 2. The first kappa shape index (κ1) is 21.8. The van der Waals surface area contributed by atoms with Gasteiger partial charge in [-0.3, -0.25) is 9.59 Å². The van der Waals surface area contributed by atoms with Crippen LogP contribution in [0.3, 0.4) is 0 Å². The van der Waals surface area contributed by atoms with Gasteiger partial charge in [-0.05, 0) is 50.2 Å². The number of nitrogens with one attached hydrogen (secondary N) is 1. The van der Waals surface area contributed by atoms with Crippen LogP contribution in [0.2, 0.25) is 0 Å². The van der Waals surface area contributed by atoms with Gasteiger partial charge >= 0.3 is 5.97 Å². The fourth-order valence-electron chi connectivity index (χ4n) is 3.06. The van der Waals surface area contributed by atoms with Crippen molar-refractivity contribution >= 4 is 23.2 Å². The monoisotopic (exact) mass is 447 g/mol. The lowest BCUT2D eigenvalue weighted by Gasteiger charge is -2.14. The van der Waals surface area contributed by atoms with E-state index in [1.54, 1.807) is 44.2 Å². The number of carbonyl (C=O) groups excluding carboxylic acids is 2. The normalized spacial score (nSPS) is 11.7. The summed E-state index contributed by atoms with van der Waals surface area (Å²) in [7, 11) is 0. The van der Waals surface area contributed by atoms with Gasteiger partial charge in [0.05, 0.1) is 11.3 Å². The molecule has 2 heterocycles. The van der Waals surface area contributed by atoms with Gasteiger partial charge in [0.15, 0.2) is 11.8 Å². The highest BCUT2D eigenvalue weighted by Crippen LogP contribution is 2.15. The van der Waals surface area contributed by atoms with Crippen molar-refractivity contribution in [2.75, 3.05) is 5.32 Å². The van der Waals surface area contributed by atoms with Crippen LogP contribution in [-0.2, 0) is 16.1 Å². The Labute approximate surface area is 188 Å². The van der Waals surface area contributed by atoms with E-state index in [0.717, 1.165) is 4.57 Å². The standard InChI is InChI=1S/C24H21N3O6/c1-15-12-21-25-19(13-22(28)27(21)33-15)14-31-24(30)17-8-10-18(11-9-17)26-23(29)16(2)32-20-6-4-3-5-7-20/h3-13,16H,14H2,1-2H3,(H,26,29)/t16-/m0/s1. The number of esters is 1. The Bertz CT molecular complexity index is 1340. The van der Waals surface area contributed by atoms with Crippen LogP contribution < -0.4 is 15.6 Å². The third kappa shape index (κ3) is 5.27. The van der Waals surface area contributed by atoms with Gasteiger partial charge in [0.25, 0.3) is 11.5 Å². The Morgan fingerprint density at radius 1 is 1.09 bits per heavy atom. The largest absolute Gasteiger partial charge is 0.481 e. The number of nitrogens with zero attached hydrogens (tertiary/aromatic N) is 2. The number of aromatic nitrogens is 2. The molecule has 168 valence electrons. The number of aryl methyl sites for hydroxylation is 1. The first-order chi connectivity index (χ1) is 15.9.